The van der Waals surface area contributed by atoms with Gasteiger partial charge in [-0.15, -0.1) is 11.3 Å². The fourth-order valence-electron chi connectivity index (χ4n) is 3.50. The van der Waals surface area contributed by atoms with Gasteiger partial charge < -0.3 is 4.90 Å². The summed E-state index contributed by atoms with van der Waals surface area (Å²) in [7, 11) is 1.76. The van der Waals surface area contributed by atoms with Crippen LogP contribution in [0, 0.1) is 0 Å². The molecule has 0 bridgehead atoms. The van der Waals surface area contributed by atoms with Crippen molar-refractivity contribution in [1.29, 1.82) is 0 Å². The fraction of sp³-hybridized carbons (Fsp3) is 0.0833. The summed E-state index contributed by atoms with van der Waals surface area (Å²) < 4.78 is 2.60. The van der Waals surface area contributed by atoms with Gasteiger partial charge in [0.25, 0.3) is 11.5 Å². The lowest BCUT2D eigenvalue weighted by molar-refractivity contribution is 0.0785. The van der Waals surface area contributed by atoms with E-state index in [0.29, 0.717) is 28.7 Å². The van der Waals surface area contributed by atoms with Gasteiger partial charge in [-0.25, -0.2) is 9.97 Å². The van der Waals surface area contributed by atoms with Crippen LogP contribution in [0.2, 0.25) is 0 Å². The molecule has 0 saturated carbocycles. The van der Waals surface area contributed by atoms with Gasteiger partial charge in [-0.2, -0.15) is 0 Å². The van der Waals surface area contributed by atoms with E-state index in [9.17, 15) is 9.59 Å². The summed E-state index contributed by atoms with van der Waals surface area (Å²) in [4.78, 5) is 36.2. The Balaban J connectivity index is 1.37. The fourth-order valence-corrected chi connectivity index (χ4v) is 4.52. The van der Waals surface area contributed by atoms with Gasteiger partial charge >= 0.3 is 0 Å². The number of aromatic nitrogens is 3. The van der Waals surface area contributed by atoms with E-state index in [1.54, 1.807) is 53.6 Å². The molecule has 152 valence electrons. The Bertz CT molecular complexity index is 1440. The molecule has 0 aliphatic carbocycles. The maximum absolute atomic E-state index is 12.9. The SMILES string of the molecule is CN(Cc1nc2ccccc2s1)C(=O)c1ccc(-n2cnc3ccccc3c2=O)cc1. The number of amides is 1. The molecule has 6 nitrogen and oxygen atoms in total. The lowest BCUT2D eigenvalue weighted by atomic mass is 10.1. The number of carbonyl (C=O) groups is 1. The average molecular weight is 427 g/mol. The second kappa shape index (κ2) is 7.77. The third kappa shape index (κ3) is 3.60. The summed E-state index contributed by atoms with van der Waals surface area (Å²) in [5.41, 5.74) is 2.68. The molecule has 2 aromatic heterocycles. The van der Waals surface area contributed by atoms with Crippen molar-refractivity contribution in [3.05, 3.63) is 100 Å². The van der Waals surface area contributed by atoms with Gasteiger partial charge in [-0.05, 0) is 48.5 Å². The van der Waals surface area contributed by atoms with Crippen LogP contribution < -0.4 is 5.56 Å². The standard InChI is InChI=1S/C24H18N4O2S/c1-27(14-22-26-20-8-4-5-9-21(20)31-22)23(29)16-10-12-17(13-11-16)28-15-25-19-7-3-2-6-18(19)24(28)30/h2-13,15H,14H2,1H3. The van der Waals surface area contributed by atoms with Crippen LogP contribution >= 0.6 is 11.3 Å². The van der Waals surface area contributed by atoms with E-state index in [4.69, 9.17) is 0 Å². The van der Waals surface area contributed by atoms with Crippen LogP contribution in [0.15, 0.2) is 83.9 Å². The molecule has 0 atom stereocenters. The van der Waals surface area contributed by atoms with Crippen LogP contribution in [0.25, 0.3) is 26.8 Å². The minimum atomic E-state index is -0.141. The third-order valence-electron chi connectivity index (χ3n) is 5.12. The number of fused-ring (bicyclic) bond motifs is 2. The minimum Gasteiger partial charge on any atom is -0.335 e. The van der Waals surface area contributed by atoms with Crippen LogP contribution in [0.1, 0.15) is 15.4 Å². The van der Waals surface area contributed by atoms with Crippen LogP contribution in [0.3, 0.4) is 0 Å². The summed E-state index contributed by atoms with van der Waals surface area (Å²) >= 11 is 1.59. The molecule has 2 heterocycles. The molecule has 0 fully saturated rings. The Kier molecular flexibility index (Phi) is 4.80. The monoisotopic (exact) mass is 426 g/mol. The number of para-hydroxylation sites is 2. The number of nitrogens with zero attached hydrogens (tertiary/aromatic N) is 4. The van der Waals surface area contributed by atoms with E-state index < -0.39 is 0 Å². The van der Waals surface area contributed by atoms with Crippen LogP contribution in [0.4, 0.5) is 0 Å². The third-order valence-corrected chi connectivity index (χ3v) is 6.14. The van der Waals surface area contributed by atoms with Crippen LogP contribution in [0.5, 0.6) is 0 Å². The molecule has 0 N–H and O–H groups in total. The largest absolute Gasteiger partial charge is 0.335 e. The van der Waals surface area contributed by atoms with Crippen molar-refractivity contribution in [1.82, 2.24) is 19.4 Å². The van der Waals surface area contributed by atoms with Crippen molar-refractivity contribution in [3.63, 3.8) is 0 Å². The van der Waals surface area contributed by atoms with Gasteiger partial charge in [0, 0.05) is 12.6 Å². The summed E-state index contributed by atoms with van der Waals surface area (Å²) in [6, 6.07) is 22.2. The second-order valence-electron chi connectivity index (χ2n) is 7.22. The van der Waals surface area contributed by atoms with Crippen molar-refractivity contribution in [2.45, 2.75) is 6.54 Å². The Morgan fingerprint density at radius 3 is 2.45 bits per heavy atom. The molecule has 0 unspecified atom stereocenters. The van der Waals surface area contributed by atoms with E-state index in [1.807, 2.05) is 42.5 Å². The topological polar surface area (TPSA) is 68.1 Å². The average Bonchev–Trinajstić information content (AvgIpc) is 3.21. The molecular formula is C24H18N4O2S. The zero-order chi connectivity index (χ0) is 21.4. The maximum atomic E-state index is 12.9. The van der Waals surface area contributed by atoms with E-state index in [-0.39, 0.29) is 11.5 Å². The summed E-state index contributed by atoms with van der Waals surface area (Å²) in [6.45, 7) is 0.438. The molecule has 0 saturated heterocycles. The molecule has 0 radical (unpaired) electrons. The van der Waals surface area contributed by atoms with Crippen molar-refractivity contribution in [2.24, 2.45) is 0 Å². The molecule has 0 aliphatic rings. The number of hydrogen-bond donors (Lipinski definition) is 0. The van der Waals surface area contributed by atoms with Gasteiger partial charge in [-0.1, -0.05) is 24.3 Å². The maximum Gasteiger partial charge on any atom is 0.265 e. The molecule has 31 heavy (non-hydrogen) atoms. The summed E-state index contributed by atoms with van der Waals surface area (Å²) in [5, 5.41) is 1.45. The first-order valence-corrected chi connectivity index (χ1v) is 10.6. The molecular weight excluding hydrogens is 408 g/mol. The molecule has 7 heteroatoms. The van der Waals surface area contributed by atoms with Crippen molar-refractivity contribution in [3.8, 4) is 5.69 Å². The molecule has 0 spiro atoms. The smallest absolute Gasteiger partial charge is 0.265 e. The van der Waals surface area contributed by atoms with E-state index in [0.717, 1.165) is 15.2 Å². The van der Waals surface area contributed by atoms with Gasteiger partial charge in [0.1, 0.15) is 11.3 Å². The zero-order valence-electron chi connectivity index (χ0n) is 16.7. The predicted octanol–water partition coefficient (Wildman–Crippen LogP) is 4.27. The summed E-state index contributed by atoms with van der Waals surface area (Å²) in [5.74, 6) is -0.102. The van der Waals surface area contributed by atoms with Crippen LogP contribution in [-0.2, 0) is 6.54 Å². The first-order valence-electron chi connectivity index (χ1n) is 9.77. The Morgan fingerprint density at radius 2 is 1.68 bits per heavy atom. The number of thiazole rings is 1. The Hall–Kier alpha value is -3.84. The number of benzene rings is 3. The Morgan fingerprint density at radius 1 is 0.968 bits per heavy atom. The number of rotatable bonds is 4. The molecule has 3 aromatic carbocycles. The highest BCUT2D eigenvalue weighted by Gasteiger charge is 2.15. The van der Waals surface area contributed by atoms with Crippen LogP contribution in [-0.4, -0.2) is 32.4 Å². The van der Waals surface area contributed by atoms with Gasteiger partial charge in [0.15, 0.2) is 0 Å². The molecule has 1 amide bonds. The molecule has 0 aliphatic heterocycles. The summed E-state index contributed by atoms with van der Waals surface area (Å²) in [6.07, 6.45) is 1.51. The quantitative estimate of drug-likeness (QED) is 0.430. The Labute approximate surface area is 182 Å². The lowest BCUT2D eigenvalue weighted by Crippen LogP contribution is -2.26. The first-order chi connectivity index (χ1) is 15.1. The highest BCUT2D eigenvalue weighted by Crippen LogP contribution is 2.23. The minimum absolute atomic E-state index is 0.102. The van der Waals surface area contributed by atoms with Crippen molar-refractivity contribution >= 4 is 38.4 Å². The van der Waals surface area contributed by atoms with Gasteiger partial charge in [0.2, 0.25) is 0 Å². The second-order valence-corrected chi connectivity index (χ2v) is 8.34. The van der Waals surface area contributed by atoms with E-state index in [2.05, 4.69) is 9.97 Å². The first kappa shape index (κ1) is 19.1. The van der Waals surface area contributed by atoms with Crippen molar-refractivity contribution < 1.29 is 4.79 Å². The number of carbonyl (C=O) groups excluding carboxylic acids is 1. The molecule has 5 rings (SSSR count). The highest BCUT2D eigenvalue weighted by atomic mass is 32.1. The number of hydrogen-bond acceptors (Lipinski definition) is 5. The van der Waals surface area contributed by atoms with Gasteiger partial charge in [0.05, 0.1) is 33.4 Å². The van der Waals surface area contributed by atoms with E-state index in [1.165, 1.54) is 10.9 Å². The lowest BCUT2D eigenvalue weighted by Gasteiger charge is -2.16. The predicted molar refractivity (Wildman–Crippen MR) is 123 cm³/mol. The zero-order valence-corrected chi connectivity index (χ0v) is 17.5. The highest BCUT2D eigenvalue weighted by molar-refractivity contribution is 7.18. The van der Waals surface area contributed by atoms with Crippen molar-refractivity contribution in [2.75, 3.05) is 7.05 Å². The van der Waals surface area contributed by atoms with E-state index >= 15 is 0 Å². The molecule has 5 aromatic rings. The van der Waals surface area contributed by atoms with Gasteiger partial charge in [-0.3, -0.25) is 14.2 Å². The normalized spacial score (nSPS) is 11.1.